The average Bonchev–Trinajstić information content (AvgIpc) is 2.34. The van der Waals surface area contributed by atoms with Crippen LogP contribution in [0.2, 0.25) is 0 Å². The van der Waals surface area contributed by atoms with Crippen LogP contribution in [-0.2, 0) is 6.42 Å². The number of aryl methyl sites for hydroxylation is 1. The molecule has 1 aromatic heterocycles. The van der Waals surface area contributed by atoms with Crippen LogP contribution in [0.3, 0.4) is 0 Å². The summed E-state index contributed by atoms with van der Waals surface area (Å²) in [6, 6.07) is 0. The second-order valence-corrected chi connectivity index (χ2v) is 2.67. The Morgan fingerprint density at radius 3 is 2.70 bits per heavy atom. The molecule has 0 saturated carbocycles. The summed E-state index contributed by atoms with van der Waals surface area (Å²) in [6.07, 6.45) is 0.785. The summed E-state index contributed by atoms with van der Waals surface area (Å²) in [5.41, 5.74) is 0. The van der Waals surface area contributed by atoms with Crippen LogP contribution in [0.1, 0.15) is 30.9 Å². The minimum Gasteiger partial charge on any atom is -0.338 e. The fourth-order valence-electron chi connectivity index (χ4n) is 0.573. The summed E-state index contributed by atoms with van der Waals surface area (Å²) in [4.78, 5) is 4.02. The number of halogens is 1. The summed E-state index contributed by atoms with van der Waals surface area (Å²) in [5.74, 6) is 1.21. The van der Waals surface area contributed by atoms with Gasteiger partial charge in [-0.25, -0.2) is 0 Å². The van der Waals surface area contributed by atoms with Crippen molar-refractivity contribution in [3.8, 4) is 0 Å². The predicted molar refractivity (Wildman–Crippen MR) is 37.9 cm³/mol. The molecular weight excluding hydrogens is 152 g/mol. The van der Waals surface area contributed by atoms with Crippen molar-refractivity contribution in [3.63, 3.8) is 0 Å². The second-order valence-electron chi connectivity index (χ2n) is 2.02. The Kier molecular flexibility index (Phi) is 2.27. The van der Waals surface area contributed by atoms with E-state index in [9.17, 15) is 0 Å². The Morgan fingerprint density at radius 2 is 2.40 bits per heavy atom. The highest BCUT2D eigenvalue weighted by Crippen LogP contribution is 2.16. The maximum absolute atomic E-state index is 5.68. The van der Waals surface area contributed by atoms with Gasteiger partial charge in [0.05, 0.1) is 0 Å². The third-order valence-electron chi connectivity index (χ3n) is 1.14. The lowest BCUT2D eigenvalue weighted by molar-refractivity contribution is 0.374. The van der Waals surface area contributed by atoms with Crippen LogP contribution in [0.5, 0.6) is 0 Å². The van der Waals surface area contributed by atoms with Crippen molar-refractivity contribution in [2.45, 2.75) is 25.6 Å². The molecule has 4 heteroatoms. The molecule has 1 heterocycles. The summed E-state index contributed by atoms with van der Waals surface area (Å²) in [7, 11) is 0. The van der Waals surface area contributed by atoms with Gasteiger partial charge in [-0.05, 0) is 6.92 Å². The molecule has 0 spiro atoms. The molecule has 3 nitrogen and oxygen atoms in total. The molecular formula is C6H9ClN2O. The maximum Gasteiger partial charge on any atom is 0.244 e. The third-order valence-corrected chi connectivity index (χ3v) is 1.33. The Hall–Kier alpha value is -0.570. The molecule has 0 aromatic carbocycles. The number of aromatic nitrogens is 2. The van der Waals surface area contributed by atoms with Gasteiger partial charge >= 0.3 is 0 Å². The molecule has 56 valence electrons. The highest BCUT2D eigenvalue weighted by atomic mass is 35.5. The fourth-order valence-corrected chi connectivity index (χ4v) is 0.661. The molecule has 0 radical (unpaired) electrons. The van der Waals surface area contributed by atoms with Crippen molar-refractivity contribution >= 4 is 11.6 Å². The van der Waals surface area contributed by atoms with Crippen molar-refractivity contribution in [3.05, 3.63) is 11.7 Å². The summed E-state index contributed by atoms with van der Waals surface area (Å²) < 4.78 is 4.82. The number of hydrogen-bond donors (Lipinski definition) is 0. The lowest BCUT2D eigenvalue weighted by Crippen LogP contribution is -1.85. The molecule has 0 N–H and O–H groups in total. The van der Waals surface area contributed by atoms with Crippen LogP contribution in [0.25, 0.3) is 0 Å². The van der Waals surface area contributed by atoms with Crippen molar-refractivity contribution in [1.29, 1.82) is 0 Å². The van der Waals surface area contributed by atoms with E-state index in [1.807, 2.05) is 6.92 Å². The molecule has 0 fully saturated rings. The van der Waals surface area contributed by atoms with Gasteiger partial charge < -0.3 is 4.52 Å². The Bertz CT molecular complexity index is 209. The molecule has 1 rings (SSSR count). The van der Waals surface area contributed by atoms with Gasteiger partial charge in [-0.1, -0.05) is 12.1 Å². The smallest absolute Gasteiger partial charge is 0.244 e. The first-order valence-electron chi connectivity index (χ1n) is 3.20. The third kappa shape index (κ3) is 1.48. The van der Waals surface area contributed by atoms with Gasteiger partial charge in [0, 0.05) is 6.42 Å². The zero-order chi connectivity index (χ0) is 7.56. The molecule has 10 heavy (non-hydrogen) atoms. The first-order chi connectivity index (χ1) is 4.74. The first-order valence-corrected chi connectivity index (χ1v) is 3.64. The van der Waals surface area contributed by atoms with E-state index in [4.69, 9.17) is 16.1 Å². The fraction of sp³-hybridized carbons (Fsp3) is 0.667. The second kappa shape index (κ2) is 3.01. The van der Waals surface area contributed by atoms with Gasteiger partial charge in [-0.15, -0.1) is 11.6 Å². The number of alkyl halides is 1. The lowest BCUT2D eigenvalue weighted by atomic mass is 10.4. The first kappa shape index (κ1) is 7.54. The highest BCUT2D eigenvalue weighted by molar-refractivity contribution is 6.20. The molecule has 0 aliphatic carbocycles. The lowest BCUT2D eigenvalue weighted by Gasteiger charge is -1.88. The number of nitrogens with zero attached hydrogens (tertiary/aromatic N) is 2. The van der Waals surface area contributed by atoms with E-state index < -0.39 is 0 Å². The van der Waals surface area contributed by atoms with Crippen LogP contribution < -0.4 is 0 Å². The van der Waals surface area contributed by atoms with E-state index in [1.165, 1.54) is 0 Å². The molecule has 0 bridgehead atoms. The minimum absolute atomic E-state index is 0.187. The molecule has 1 aromatic rings. The molecule has 0 amide bonds. The minimum atomic E-state index is -0.187. The molecule has 1 atom stereocenters. The highest BCUT2D eigenvalue weighted by Gasteiger charge is 2.09. The van der Waals surface area contributed by atoms with E-state index in [2.05, 4.69) is 10.1 Å². The van der Waals surface area contributed by atoms with Crippen LogP contribution >= 0.6 is 11.6 Å². The SMILES string of the molecule is CCc1noc([C@@H](C)Cl)n1. The van der Waals surface area contributed by atoms with Gasteiger partial charge in [-0.2, -0.15) is 4.98 Å². The van der Waals surface area contributed by atoms with E-state index in [1.54, 1.807) is 6.92 Å². The standard InChI is InChI=1S/C6H9ClN2O/c1-3-5-8-6(4(2)7)10-9-5/h4H,3H2,1-2H3/t4-/m1/s1. The summed E-state index contributed by atoms with van der Waals surface area (Å²) in [5, 5.41) is 3.50. The zero-order valence-corrected chi connectivity index (χ0v) is 6.72. The zero-order valence-electron chi connectivity index (χ0n) is 5.97. The molecule has 0 unspecified atom stereocenters. The largest absolute Gasteiger partial charge is 0.338 e. The molecule has 0 aliphatic rings. The van der Waals surface area contributed by atoms with Gasteiger partial charge in [-0.3, -0.25) is 0 Å². The van der Waals surface area contributed by atoms with Crippen LogP contribution in [0, 0.1) is 0 Å². The van der Waals surface area contributed by atoms with E-state index in [0.29, 0.717) is 11.7 Å². The van der Waals surface area contributed by atoms with Crippen molar-refractivity contribution < 1.29 is 4.52 Å². The number of hydrogen-bond acceptors (Lipinski definition) is 3. The van der Waals surface area contributed by atoms with Crippen molar-refractivity contribution in [2.75, 3.05) is 0 Å². The van der Waals surface area contributed by atoms with Crippen molar-refractivity contribution in [1.82, 2.24) is 10.1 Å². The van der Waals surface area contributed by atoms with Gasteiger partial charge in [0.25, 0.3) is 0 Å². The van der Waals surface area contributed by atoms with E-state index >= 15 is 0 Å². The van der Waals surface area contributed by atoms with E-state index in [0.717, 1.165) is 6.42 Å². The quantitative estimate of drug-likeness (QED) is 0.621. The molecule has 0 saturated heterocycles. The Morgan fingerprint density at radius 1 is 1.70 bits per heavy atom. The predicted octanol–water partition coefficient (Wildman–Crippen LogP) is 1.93. The average molecular weight is 161 g/mol. The molecule has 0 aliphatic heterocycles. The van der Waals surface area contributed by atoms with Gasteiger partial charge in [0.15, 0.2) is 5.82 Å². The summed E-state index contributed by atoms with van der Waals surface area (Å²) in [6.45, 7) is 3.77. The van der Waals surface area contributed by atoms with Gasteiger partial charge in [0.2, 0.25) is 5.89 Å². The Balaban J connectivity index is 2.78. The Labute approximate surface area is 64.4 Å². The van der Waals surface area contributed by atoms with Crippen molar-refractivity contribution in [2.24, 2.45) is 0 Å². The van der Waals surface area contributed by atoms with Crippen LogP contribution in [0.4, 0.5) is 0 Å². The topological polar surface area (TPSA) is 38.9 Å². The summed E-state index contributed by atoms with van der Waals surface area (Å²) >= 11 is 5.68. The van der Waals surface area contributed by atoms with Crippen LogP contribution in [0.15, 0.2) is 4.52 Å². The number of rotatable bonds is 2. The monoisotopic (exact) mass is 160 g/mol. The maximum atomic E-state index is 5.68. The van der Waals surface area contributed by atoms with E-state index in [-0.39, 0.29) is 5.38 Å². The normalized spacial score (nSPS) is 13.5. The van der Waals surface area contributed by atoms with Crippen LogP contribution in [-0.4, -0.2) is 10.1 Å². The van der Waals surface area contributed by atoms with Gasteiger partial charge in [0.1, 0.15) is 5.38 Å².